The van der Waals surface area contributed by atoms with Crippen molar-refractivity contribution in [2.75, 3.05) is 20.3 Å². The van der Waals surface area contributed by atoms with Crippen LogP contribution in [-0.4, -0.2) is 38.0 Å². The summed E-state index contributed by atoms with van der Waals surface area (Å²) in [6.07, 6.45) is -1.14. The van der Waals surface area contributed by atoms with Crippen molar-refractivity contribution in [2.24, 2.45) is 5.92 Å². The predicted octanol–water partition coefficient (Wildman–Crippen LogP) is 0.602. The van der Waals surface area contributed by atoms with E-state index >= 15 is 0 Å². The molecule has 2 saturated heterocycles. The predicted molar refractivity (Wildman–Crippen MR) is 41.6 cm³/mol. The van der Waals surface area contributed by atoms with E-state index < -0.39 is 24.4 Å². The normalized spacial score (nSPS) is 48.0. The third-order valence-corrected chi connectivity index (χ3v) is 2.91. The molecule has 0 radical (unpaired) electrons. The van der Waals surface area contributed by atoms with Gasteiger partial charge >= 0.3 is 5.92 Å². The molecule has 1 N–H and O–H groups in total. The molecule has 2 aliphatic rings. The topological polar surface area (TPSA) is 30.5 Å². The molecule has 3 atom stereocenters. The van der Waals surface area contributed by atoms with Crippen LogP contribution in [0.3, 0.4) is 0 Å². The number of hydrogen-bond acceptors (Lipinski definition) is 3. The van der Waals surface area contributed by atoms with E-state index in [1.165, 1.54) is 0 Å². The van der Waals surface area contributed by atoms with Crippen LogP contribution in [-0.2, 0) is 9.47 Å². The quantitative estimate of drug-likeness (QED) is 0.661. The maximum absolute atomic E-state index is 13.2. The lowest BCUT2D eigenvalue weighted by Crippen LogP contribution is -2.54. The second-order valence-electron chi connectivity index (χ2n) is 3.71. The summed E-state index contributed by atoms with van der Waals surface area (Å²) in [5, 5.41) is 2.82. The van der Waals surface area contributed by atoms with Gasteiger partial charge in [0.1, 0.15) is 6.61 Å². The molecule has 1 unspecified atom stereocenters. The summed E-state index contributed by atoms with van der Waals surface area (Å²) >= 11 is 0. The molecule has 2 aliphatic heterocycles. The summed E-state index contributed by atoms with van der Waals surface area (Å²) in [6.45, 7) is 1.61. The second-order valence-corrected chi connectivity index (χ2v) is 3.71. The first kappa shape index (κ1) is 9.30. The molecule has 0 aromatic rings. The molecule has 0 aromatic carbocycles. The first-order valence-electron chi connectivity index (χ1n) is 4.35. The number of ether oxygens (including phenoxy) is 2. The highest BCUT2D eigenvalue weighted by atomic mass is 19.3. The van der Waals surface area contributed by atoms with Gasteiger partial charge in [-0.3, -0.25) is 5.32 Å². The lowest BCUT2D eigenvalue weighted by Gasteiger charge is -2.30. The molecular weight excluding hydrogens is 180 g/mol. The van der Waals surface area contributed by atoms with Gasteiger partial charge in [0, 0.05) is 5.92 Å². The van der Waals surface area contributed by atoms with E-state index in [1.54, 1.807) is 7.05 Å². The Morgan fingerprint density at radius 2 is 2.15 bits per heavy atom. The van der Waals surface area contributed by atoms with Crippen LogP contribution in [0.4, 0.5) is 8.78 Å². The smallest absolute Gasteiger partial charge is 0.300 e. The molecule has 2 rings (SSSR count). The van der Waals surface area contributed by atoms with Crippen LogP contribution in [0.15, 0.2) is 0 Å². The fourth-order valence-corrected chi connectivity index (χ4v) is 2.14. The summed E-state index contributed by atoms with van der Waals surface area (Å²) in [7, 11) is 1.62. The van der Waals surface area contributed by atoms with Crippen molar-refractivity contribution >= 4 is 0 Å². The molecule has 0 aliphatic carbocycles. The molecule has 0 bridgehead atoms. The summed E-state index contributed by atoms with van der Waals surface area (Å²) < 4.78 is 36.6. The molecule has 2 fully saturated rings. The van der Waals surface area contributed by atoms with Crippen molar-refractivity contribution in [3.8, 4) is 0 Å². The molecule has 0 aromatic heterocycles. The Bertz CT molecular complexity index is 224. The van der Waals surface area contributed by atoms with Gasteiger partial charge in [-0.25, -0.2) is 8.78 Å². The lowest BCUT2D eigenvalue weighted by molar-refractivity contribution is -0.101. The minimum Gasteiger partial charge on any atom is -0.367 e. The van der Waals surface area contributed by atoms with E-state index in [0.717, 1.165) is 0 Å². The zero-order chi connectivity index (χ0) is 9.69. The standard InChI is InChI=1S/C8H13F2NO2/c1-5-3-12-6-7(9,10)4-13-8(5,6)11-2/h5-6,11H,3-4H2,1-2H3/t5-,6?,8-/m0/s1. The number of hydrogen-bond donors (Lipinski definition) is 1. The lowest BCUT2D eigenvalue weighted by atomic mass is 9.95. The maximum Gasteiger partial charge on any atom is 0.300 e. The van der Waals surface area contributed by atoms with Crippen molar-refractivity contribution < 1.29 is 18.3 Å². The van der Waals surface area contributed by atoms with E-state index in [1.807, 2.05) is 6.92 Å². The van der Waals surface area contributed by atoms with E-state index in [0.29, 0.717) is 6.61 Å². The fourth-order valence-electron chi connectivity index (χ4n) is 2.14. The van der Waals surface area contributed by atoms with Gasteiger partial charge in [0.05, 0.1) is 6.61 Å². The van der Waals surface area contributed by atoms with Gasteiger partial charge in [-0.15, -0.1) is 0 Å². The number of likely N-dealkylation sites (N-methyl/N-ethyl adjacent to an activating group) is 1. The fraction of sp³-hybridized carbons (Fsp3) is 1.00. The van der Waals surface area contributed by atoms with Gasteiger partial charge in [0.25, 0.3) is 0 Å². The Labute approximate surface area is 75.4 Å². The Morgan fingerprint density at radius 1 is 1.46 bits per heavy atom. The van der Waals surface area contributed by atoms with Crippen LogP contribution in [0.2, 0.25) is 0 Å². The molecule has 0 spiro atoms. The average Bonchev–Trinajstić information content (AvgIpc) is 2.53. The van der Waals surface area contributed by atoms with Gasteiger partial charge in [0.15, 0.2) is 11.8 Å². The monoisotopic (exact) mass is 193 g/mol. The number of halogens is 2. The van der Waals surface area contributed by atoms with E-state index in [9.17, 15) is 8.78 Å². The van der Waals surface area contributed by atoms with Crippen LogP contribution in [0.1, 0.15) is 6.92 Å². The molecule has 0 saturated carbocycles. The SMILES string of the molecule is CN[C@@]12OCC(F)(F)C1OC[C@@H]2C. The highest BCUT2D eigenvalue weighted by Gasteiger charge is 2.66. The van der Waals surface area contributed by atoms with Crippen molar-refractivity contribution in [2.45, 2.75) is 24.7 Å². The van der Waals surface area contributed by atoms with Gasteiger partial charge in [-0.1, -0.05) is 6.92 Å². The zero-order valence-corrected chi connectivity index (χ0v) is 7.64. The van der Waals surface area contributed by atoms with Crippen LogP contribution < -0.4 is 5.32 Å². The van der Waals surface area contributed by atoms with Gasteiger partial charge in [-0.05, 0) is 7.05 Å². The summed E-state index contributed by atoms with van der Waals surface area (Å²) in [6, 6.07) is 0. The van der Waals surface area contributed by atoms with Gasteiger partial charge < -0.3 is 9.47 Å². The van der Waals surface area contributed by atoms with Crippen molar-refractivity contribution in [1.29, 1.82) is 0 Å². The maximum atomic E-state index is 13.2. The van der Waals surface area contributed by atoms with E-state index in [4.69, 9.17) is 9.47 Å². The molecule has 13 heavy (non-hydrogen) atoms. The van der Waals surface area contributed by atoms with Gasteiger partial charge in [0.2, 0.25) is 0 Å². The largest absolute Gasteiger partial charge is 0.367 e. The first-order valence-corrected chi connectivity index (χ1v) is 4.35. The Balaban J connectivity index is 2.31. The molecule has 5 heteroatoms. The molecule has 2 heterocycles. The number of rotatable bonds is 1. The summed E-state index contributed by atoms with van der Waals surface area (Å²) in [5.41, 5.74) is -0.983. The molecule has 0 amide bonds. The van der Waals surface area contributed by atoms with Gasteiger partial charge in [-0.2, -0.15) is 0 Å². The van der Waals surface area contributed by atoms with Crippen LogP contribution in [0.25, 0.3) is 0 Å². The van der Waals surface area contributed by atoms with Crippen LogP contribution >= 0.6 is 0 Å². The highest BCUT2D eigenvalue weighted by molar-refractivity contribution is 5.06. The zero-order valence-electron chi connectivity index (χ0n) is 7.64. The number of alkyl halides is 2. The summed E-state index contributed by atoms with van der Waals surface area (Å²) in [5.74, 6) is -2.91. The minimum absolute atomic E-state index is 0.0455. The van der Waals surface area contributed by atoms with Crippen LogP contribution in [0.5, 0.6) is 0 Å². The second kappa shape index (κ2) is 2.62. The first-order chi connectivity index (χ1) is 6.03. The third kappa shape index (κ3) is 1.04. The van der Waals surface area contributed by atoms with Crippen molar-refractivity contribution in [3.63, 3.8) is 0 Å². The molecule has 76 valence electrons. The third-order valence-electron chi connectivity index (χ3n) is 2.91. The number of fused-ring (bicyclic) bond motifs is 1. The Morgan fingerprint density at radius 3 is 2.69 bits per heavy atom. The minimum atomic E-state index is -2.87. The van der Waals surface area contributed by atoms with E-state index in [2.05, 4.69) is 5.32 Å². The summed E-state index contributed by atoms with van der Waals surface area (Å²) in [4.78, 5) is 0. The molecule has 3 nitrogen and oxygen atoms in total. The van der Waals surface area contributed by atoms with Crippen LogP contribution in [0, 0.1) is 5.92 Å². The van der Waals surface area contributed by atoms with Crippen molar-refractivity contribution in [3.05, 3.63) is 0 Å². The Kier molecular flexibility index (Phi) is 1.87. The average molecular weight is 193 g/mol. The highest BCUT2D eigenvalue weighted by Crippen LogP contribution is 2.46. The number of nitrogens with one attached hydrogen (secondary N) is 1. The Hall–Kier alpha value is -0.260. The van der Waals surface area contributed by atoms with Crippen molar-refractivity contribution in [1.82, 2.24) is 5.32 Å². The molecular formula is C8H13F2NO2. The van der Waals surface area contributed by atoms with E-state index in [-0.39, 0.29) is 5.92 Å².